The third-order valence-electron chi connectivity index (χ3n) is 3.26. The Morgan fingerprint density at radius 3 is 2.74 bits per heavy atom. The lowest BCUT2D eigenvalue weighted by molar-refractivity contribution is 1.10. The van der Waals surface area contributed by atoms with Gasteiger partial charge in [0.2, 0.25) is 5.95 Å². The van der Waals surface area contributed by atoms with Crippen molar-refractivity contribution < 1.29 is 0 Å². The number of nitrogen functional groups attached to an aromatic ring is 1. The molecule has 3 rings (SSSR count). The fraction of sp³-hybridized carbons (Fsp3) is 0.133. The number of hydrogen-bond donors (Lipinski definition) is 1. The summed E-state index contributed by atoms with van der Waals surface area (Å²) < 4.78 is 2.99. The SMILES string of the molecule is Cc1ccc(Br)c(-n2c(N)nc3c(C)cccc32)c1. The summed E-state index contributed by atoms with van der Waals surface area (Å²) in [5, 5.41) is 0. The number of benzene rings is 2. The Labute approximate surface area is 120 Å². The predicted molar refractivity (Wildman–Crippen MR) is 82.7 cm³/mol. The number of para-hydroxylation sites is 1. The number of imidazole rings is 1. The second-order valence-electron chi connectivity index (χ2n) is 4.70. The molecule has 2 N–H and O–H groups in total. The maximum absolute atomic E-state index is 6.10. The molecule has 1 aromatic heterocycles. The molecule has 0 unspecified atom stereocenters. The van der Waals surface area contributed by atoms with E-state index in [1.165, 1.54) is 5.56 Å². The molecular formula is C15H14BrN3. The molecule has 1 heterocycles. The molecule has 0 aliphatic rings. The minimum atomic E-state index is 0.510. The fourth-order valence-corrected chi connectivity index (χ4v) is 2.73. The Morgan fingerprint density at radius 2 is 1.95 bits per heavy atom. The van der Waals surface area contributed by atoms with Gasteiger partial charge in [0, 0.05) is 4.47 Å². The van der Waals surface area contributed by atoms with Crippen molar-refractivity contribution in [1.29, 1.82) is 0 Å². The fourth-order valence-electron chi connectivity index (χ4n) is 2.30. The van der Waals surface area contributed by atoms with Gasteiger partial charge in [-0.2, -0.15) is 0 Å². The van der Waals surface area contributed by atoms with Gasteiger partial charge < -0.3 is 5.73 Å². The van der Waals surface area contributed by atoms with Crippen molar-refractivity contribution in [3.63, 3.8) is 0 Å². The number of nitrogens with two attached hydrogens (primary N) is 1. The van der Waals surface area contributed by atoms with Crippen LogP contribution in [0, 0.1) is 13.8 Å². The summed E-state index contributed by atoms with van der Waals surface area (Å²) in [5.74, 6) is 0.510. The van der Waals surface area contributed by atoms with E-state index >= 15 is 0 Å². The van der Waals surface area contributed by atoms with Crippen LogP contribution in [0.2, 0.25) is 0 Å². The third kappa shape index (κ3) is 1.92. The summed E-state index contributed by atoms with van der Waals surface area (Å²) in [6, 6.07) is 12.3. The molecule has 96 valence electrons. The highest BCUT2D eigenvalue weighted by Crippen LogP contribution is 2.30. The molecule has 3 aromatic rings. The Morgan fingerprint density at radius 1 is 1.16 bits per heavy atom. The highest BCUT2D eigenvalue weighted by atomic mass is 79.9. The highest BCUT2D eigenvalue weighted by molar-refractivity contribution is 9.10. The lowest BCUT2D eigenvalue weighted by Crippen LogP contribution is -2.01. The number of halogens is 1. The van der Waals surface area contributed by atoms with Gasteiger partial charge in [-0.1, -0.05) is 18.2 Å². The first-order valence-electron chi connectivity index (χ1n) is 6.08. The molecule has 19 heavy (non-hydrogen) atoms. The van der Waals surface area contributed by atoms with Gasteiger partial charge in [0.05, 0.1) is 16.7 Å². The van der Waals surface area contributed by atoms with Gasteiger partial charge in [-0.25, -0.2) is 4.98 Å². The van der Waals surface area contributed by atoms with Crippen molar-refractivity contribution in [1.82, 2.24) is 9.55 Å². The van der Waals surface area contributed by atoms with E-state index in [2.05, 4.69) is 40.0 Å². The van der Waals surface area contributed by atoms with E-state index in [-0.39, 0.29) is 0 Å². The Balaban J connectivity index is 2.39. The van der Waals surface area contributed by atoms with Crippen LogP contribution in [-0.2, 0) is 0 Å². The Kier molecular flexibility index (Phi) is 2.82. The second kappa shape index (κ2) is 4.38. The molecule has 0 radical (unpaired) electrons. The first-order valence-corrected chi connectivity index (χ1v) is 6.87. The molecular weight excluding hydrogens is 302 g/mol. The number of hydrogen-bond acceptors (Lipinski definition) is 2. The number of anilines is 1. The average Bonchev–Trinajstić information content (AvgIpc) is 2.70. The molecule has 0 saturated carbocycles. The van der Waals surface area contributed by atoms with Crippen LogP contribution in [0.5, 0.6) is 0 Å². The Hall–Kier alpha value is -1.81. The molecule has 0 aliphatic heterocycles. The summed E-state index contributed by atoms with van der Waals surface area (Å²) in [7, 11) is 0. The van der Waals surface area contributed by atoms with Gasteiger partial charge in [-0.05, 0) is 59.1 Å². The van der Waals surface area contributed by atoms with E-state index in [4.69, 9.17) is 5.73 Å². The molecule has 3 nitrogen and oxygen atoms in total. The number of fused-ring (bicyclic) bond motifs is 1. The van der Waals surface area contributed by atoms with E-state index in [1.807, 2.05) is 35.8 Å². The van der Waals surface area contributed by atoms with Crippen LogP contribution < -0.4 is 5.73 Å². The van der Waals surface area contributed by atoms with Crippen molar-refractivity contribution in [3.8, 4) is 5.69 Å². The summed E-state index contributed by atoms with van der Waals surface area (Å²) in [6.45, 7) is 4.11. The van der Waals surface area contributed by atoms with Gasteiger partial charge in [0.1, 0.15) is 0 Å². The van der Waals surface area contributed by atoms with Crippen molar-refractivity contribution in [2.45, 2.75) is 13.8 Å². The summed E-state index contributed by atoms with van der Waals surface area (Å²) in [6.07, 6.45) is 0. The average molecular weight is 316 g/mol. The largest absolute Gasteiger partial charge is 0.369 e. The minimum Gasteiger partial charge on any atom is -0.369 e. The van der Waals surface area contributed by atoms with Crippen LogP contribution in [0.1, 0.15) is 11.1 Å². The van der Waals surface area contributed by atoms with Crippen molar-refractivity contribution in [2.24, 2.45) is 0 Å². The zero-order valence-electron chi connectivity index (χ0n) is 10.8. The first kappa shape index (κ1) is 12.2. The van der Waals surface area contributed by atoms with E-state index in [9.17, 15) is 0 Å². The van der Waals surface area contributed by atoms with Gasteiger partial charge in [-0.15, -0.1) is 0 Å². The second-order valence-corrected chi connectivity index (χ2v) is 5.56. The Bertz CT molecular complexity index is 774. The van der Waals surface area contributed by atoms with Crippen molar-refractivity contribution >= 4 is 32.9 Å². The molecule has 0 aliphatic carbocycles. The molecule has 0 atom stereocenters. The zero-order chi connectivity index (χ0) is 13.6. The molecule has 0 amide bonds. The summed E-state index contributed by atoms with van der Waals surface area (Å²) >= 11 is 3.59. The number of nitrogens with zero attached hydrogens (tertiary/aromatic N) is 2. The first-order chi connectivity index (χ1) is 9.08. The molecule has 4 heteroatoms. The van der Waals surface area contributed by atoms with Crippen LogP contribution in [0.25, 0.3) is 16.7 Å². The number of aromatic nitrogens is 2. The maximum atomic E-state index is 6.10. The molecule has 0 fully saturated rings. The monoisotopic (exact) mass is 315 g/mol. The van der Waals surface area contributed by atoms with Gasteiger partial charge in [0.25, 0.3) is 0 Å². The topological polar surface area (TPSA) is 43.8 Å². The van der Waals surface area contributed by atoms with Crippen LogP contribution >= 0.6 is 15.9 Å². The van der Waals surface area contributed by atoms with Crippen LogP contribution in [0.4, 0.5) is 5.95 Å². The van der Waals surface area contributed by atoms with Crippen molar-refractivity contribution in [2.75, 3.05) is 5.73 Å². The lowest BCUT2D eigenvalue weighted by atomic mass is 10.2. The zero-order valence-corrected chi connectivity index (χ0v) is 12.4. The van der Waals surface area contributed by atoms with E-state index in [0.29, 0.717) is 5.95 Å². The van der Waals surface area contributed by atoms with Gasteiger partial charge >= 0.3 is 0 Å². The summed E-state index contributed by atoms with van der Waals surface area (Å²) in [4.78, 5) is 4.48. The predicted octanol–water partition coefficient (Wildman–Crippen LogP) is 3.99. The molecule has 0 spiro atoms. The van der Waals surface area contributed by atoms with Crippen molar-refractivity contribution in [3.05, 3.63) is 52.0 Å². The highest BCUT2D eigenvalue weighted by Gasteiger charge is 2.13. The van der Waals surface area contributed by atoms with Crippen LogP contribution in [0.15, 0.2) is 40.9 Å². The molecule has 0 saturated heterocycles. The normalized spacial score (nSPS) is 11.1. The third-order valence-corrected chi connectivity index (χ3v) is 3.93. The number of rotatable bonds is 1. The molecule has 2 aromatic carbocycles. The van der Waals surface area contributed by atoms with Crippen LogP contribution in [0.3, 0.4) is 0 Å². The van der Waals surface area contributed by atoms with Gasteiger partial charge in [-0.3, -0.25) is 4.57 Å². The van der Waals surface area contributed by atoms with E-state index in [0.717, 1.165) is 26.8 Å². The van der Waals surface area contributed by atoms with Gasteiger partial charge in [0.15, 0.2) is 0 Å². The molecule has 0 bridgehead atoms. The van der Waals surface area contributed by atoms with E-state index in [1.54, 1.807) is 0 Å². The number of aryl methyl sites for hydroxylation is 2. The standard InChI is InChI=1S/C15H14BrN3/c1-9-6-7-11(16)13(8-9)19-12-5-3-4-10(2)14(12)18-15(19)17/h3-8H,1-2H3,(H2,17,18). The maximum Gasteiger partial charge on any atom is 0.205 e. The quantitative estimate of drug-likeness (QED) is 0.738. The van der Waals surface area contributed by atoms with Crippen LogP contribution in [-0.4, -0.2) is 9.55 Å². The van der Waals surface area contributed by atoms with E-state index < -0.39 is 0 Å². The lowest BCUT2D eigenvalue weighted by Gasteiger charge is -2.10. The minimum absolute atomic E-state index is 0.510. The smallest absolute Gasteiger partial charge is 0.205 e. The summed E-state index contributed by atoms with van der Waals surface area (Å²) in [5.41, 5.74) is 11.4.